The van der Waals surface area contributed by atoms with E-state index in [1.54, 1.807) is 7.11 Å². The number of carbonyl (C=O) groups is 1. The van der Waals surface area contributed by atoms with Crippen LogP contribution in [-0.2, 0) is 0 Å². The second-order valence-electron chi connectivity index (χ2n) is 4.71. The Hall–Kier alpha value is -1.36. The summed E-state index contributed by atoms with van der Waals surface area (Å²) in [6.07, 6.45) is 0. The number of hydrogen-bond acceptors (Lipinski definition) is 2. The Labute approximate surface area is 149 Å². The summed E-state index contributed by atoms with van der Waals surface area (Å²) < 4.78 is 8.52. The zero-order valence-electron chi connectivity index (χ0n) is 11.9. The summed E-state index contributed by atoms with van der Waals surface area (Å²) in [6, 6.07) is 19.5. The van der Waals surface area contributed by atoms with Crippen LogP contribution in [0.15, 0.2) is 60.7 Å². The number of carbonyl (C=O) groups excluding carboxylic acids is 1. The van der Waals surface area contributed by atoms with Gasteiger partial charge >= 0.3 is 150 Å². The summed E-state index contributed by atoms with van der Waals surface area (Å²) in [5.74, 6) is 0.983. The molecule has 0 radical (unpaired) electrons. The first-order valence-electron chi connectivity index (χ1n) is 6.72. The van der Waals surface area contributed by atoms with Crippen molar-refractivity contribution < 1.29 is 9.53 Å². The molecule has 0 saturated carbocycles. The molecule has 4 heteroatoms. The van der Waals surface area contributed by atoms with E-state index in [2.05, 4.69) is 34.7 Å². The molecule has 110 valence electrons. The van der Waals surface area contributed by atoms with Gasteiger partial charge in [-0.25, -0.2) is 0 Å². The number of methoxy groups -OCH3 is 1. The first kappa shape index (κ1) is 15.5. The van der Waals surface area contributed by atoms with Crippen LogP contribution in [0.3, 0.4) is 0 Å². The molecule has 0 spiro atoms. The van der Waals surface area contributed by atoms with Crippen molar-refractivity contribution in [2.45, 2.75) is 0 Å². The minimum atomic E-state index is 0.0397. The van der Waals surface area contributed by atoms with Gasteiger partial charge in [0.05, 0.1) is 0 Å². The Morgan fingerprint density at radius 1 is 1.05 bits per heavy atom. The van der Waals surface area contributed by atoms with E-state index in [4.69, 9.17) is 4.74 Å². The second kappa shape index (κ2) is 6.82. The monoisotopic (exact) mass is 468 g/mol. The van der Waals surface area contributed by atoms with Gasteiger partial charge in [0.15, 0.2) is 0 Å². The second-order valence-corrected chi connectivity index (χ2v) is 8.08. The molecule has 0 atom stereocenters. The van der Waals surface area contributed by atoms with Gasteiger partial charge in [-0.15, -0.1) is 0 Å². The van der Waals surface area contributed by atoms with Crippen LogP contribution in [0.5, 0.6) is 5.75 Å². The topological polar surface area (TPSA) is 26.3 Å². The molecule has 0 unspecified atom stereocenters. The molecule has 2 nitrogen and oxygen atoms in total. The van der Waals surface area contributed by atoms with Crippen LogP contribution in [0, 0.1) is 3.57 Å². The van der Waals surface area contributed by atoms with Gasteiger partial charge in [0.1, 0.15) is 0 Å². The Morgan fingerprint density at radius 3 is 2.36 bits per heavy atom. The van der Waals surface area contributed by atoms with E-state index in [-0.39, 0.29) is 20.3 Å². The maximum atomic E-state index is 12.6. The normalized spacial score (nSPS) is 10.5. The van der Waals surface area contributed by atoms with Crippen molar-refractivity contribution in [3.05, 3.63) is 74.2 Å². The van der Waals surface area contributed by atoms with E-state index in [0.29, 0.717) is 0 Å². The summed E-state index contributed by atoms with van der Waals surface area (Å²) in [7, 11) is 1.66. The van der Waals surface area contributed by atoms with Crippen LogP contribution in [0.1, 0.15) is 14.8 Å². The van der Waals surface area contributed by atoms with Crippen molar-refractivity contribution in [2.24, 2.45) is 0 Å². The Balaban J connectivity index is 1.95. The van der Waals surface area contributed by atoms with Gasteiger partial charge in [-0.3, -0.25) is 0 Å². The third-order valence-electron chi connectivity index (χ3n) is 3.30. The first-order valence-corrected chi connectivity index (χ1v) is 9.51. The van der Waals surface area contributed by atoms with Gasteiger partial charge in [0.25, 0.3) is 0 Å². The van der Waals surface area contributed by atoms with Crippen LogP contribution in [0.2, 0.25) is 0 Å². The summed E-state index contributed by atoms with van der Waals surface area (Å²) in [6.45, 7) is 0. The van der Waals surface area contributed by atoms with Crippen LogP contribution in [0.4, 0.5) is 0 Å². The number of halogens is 1. The fourth-order valence-corrected chi connectivity index (χ4v) is 5.96. The molecular formula is C18H13IO2Se. The van der Waals surface area contributed by atoms with Gasteiger partial charge in [-0.05, 0) is 0 Å². The summed E-state index contributed by atoms with van der Waals surface area (Å²) >= 11 is 2.36. The summed E-state index contributed by atoms with van der Waals surface area (Å²) in [5, 5.41) is 0. The van der Waals surface area contributed by atoms with Gasteiger partial charge in [0.2, 0.25) is 0 Å². The minimum absolute atomic E-state index is 0.0397. The molecule has 0 saturated heterocycles. The standard InChI is InChI=1S/C18H13IO2Se/c1-21-14-9-7-13(8-10-14)18-15(19)11-16(22-18)17(20)12-5-3-2-4-6-12/h2-11H,1H3. The fraction of sp³-hybridized carbons (Fsp3) is 0.0556. The number of ether oxygens (including phenoxy) is 1. The molecule has 0 aliphatic heterocycles. The Kier molecular flexibility index (Phi) is 4.81. The molecule has 22 heavy (non-hydrogen) atoms. The molecule has 0 aliphatic carbocycles. The molecule has 0 N–H and O–H groups in total. The molecule has 0 aliphatic rings. The average molecular weight is 467 g/mol. The van der Waals surface area contributed by atoms with Crippen molar-refractivity contribution in [1.82, 2.24) is 0 Å². The quantitative estimate of drug-likeness (QED) is 0.326. The molecule has 0 fully saturated rings. The maximum absolute atomic E-state index is 12.6. The Morgan fingerprint density at radius 2 is 1.73 bits per heavy atom. The van der Waals surface area contributed by atoms with Crippen molar-refractivity contribution in [1.29, 1.82) is 0 Å². The number of benzene rings is 2. The van der Waals surface area contributed by atoms with Crippen molar-refractivity contribution >= 4 is 42.9 Å². The van der Waals surface area contributed by atoms with E-state index in [9.17, 15) is 4.79 Å². The van der Waals surface area contributed by atoms with Crippen LogP contribution in [-0.4, -0.2) is 27.4 Å². The zero-order chi connectivity index (χ0) is 15.5. The number of hydrogen-bond donors (Lipinski definition) is 0. The SMILES string of the molecule is COc1ccc(-c2[se]c(C(=O)c3ccccc3)cc2I)cc1. The Bertz CT molecular complexity index is 792. The first-order chi connectivity index (χ1) is 10.7. The van der Waals surface area contributed by atoms with Crippen LogP contribution in [0.25, 0.3) is 10.0 Å². The predicted octanol–water partition coefficient (Wildman–Crippen LogP) is 4.25. The van der Waals surface area contributed by atoms with E-state index in [1.165, 1.54) is 4.44 Å². The van der Waals surface area contributed by atoms with E-state index in [0.717, 1.165) is 24.9 Å². The molecular weight excluding hydrogens is 454 g/mol. The molecule has 2 aromatic carbocycles. The molecule has 0 amide bonds. The van der Waals surface area contributed by atoms with Gasteiger partial charge in [-0.2, -0.15) is 0 Å². The van der Waals surface area contributed by atoms with E-state index in [1.807, 2.05) is 48.5 Å². The van der Waals surface area contributed by atoms with Crippen LogP contribution >= 0.6 is 22.6 Å². The average Bonchev–Trinajstić information content (AvgIpc) is 2.97. The number of rotatable bonds is 4. The predicted molar refractivity (Wildman–Crippen MR) is 98.0 cm³/mol. The van der Waals surface area contributed by atoms with E-state index < -0.39 is 0 Å². The third-order valence-corrected chi connectivity index (χ3v) is 7.45. The molecule has 3 rings (SSSR count). The van der Waals surface area contributed by atoms with Gasteiger partial charge in [-0.1, -0.05) is 0 Å². The molecule has 3 aromatic rings. The fourth-order valence-electron chi connectivity index (χ4n) is 2.15. The van der Waals surface area contributed by atoms with Crippen molar-refractivity contribution in [2.75, 3.05) is 7.11 Å². The summed E-state index contributed by atoms with van der Waals surface area (Å²) in [5.41, 5.74) is 1.92. The molecule has 1 aromatic heterocycles. The number of ketones is 1. The molecule has 0 bridgehead atoms. The van der Waals surface area contributed by atoms with Crippen LogP contribution < -0.4 is 4.74 Å². The van der Waals surface area contributed by atoms with Gasteiger partial charge < -0.3 is 0 Å². The summed E-state index contributed by atoms with van der Waals surface area (Å²) in [4.78, 5) is 12.6. The zero-order valence-corrected chi connectivity index (χ0v) is 15.7. The molecule has 1 heterocycles. The van der Waals surface area contributed by atoms with Crippen molar-refractivity contribution in [3.63, 3.8) is 0 Å². The van der Waals surface area contributed by atoms with Gasteiger partial charge in [0, 0.05) is 0 Å². The van der Waals surface area contributed by atoms with Crippen molar-refractivity contribution in [3.8, 4) is 15.8 Å². The third kappa shape index (κ3) is 3.19. The van der Waals surface area contributed by atoms with E-state index >= 15 is 0 Å².